The van der Waals surface area contributed by atoms with E-state index in [2.05, 4.69) is 24.2 Å². The topological polar surface area (TPSA) is 48.0 Å². The summed E-state index contributed by atoms with van der Waals surface area (Å²) in [6, 6.07) is 12.0. The molecule has 0 radical (unpaired) electrons. The van der Waals surface area contributed by atoms with E-state index in [1.807, 2.05) is 28.9 Å². The Hall–Kier alpha value is -2.62. The Balaban J connectivity index is 1.76. The molecule has 4 heteroatoms. The van der Waals surface area contributed by atoms with Crippen LogP contribution in [0.3, 0.4) is 0 Å². The minimum Gasteiger partial charge on any atom is -0.469 e. The molecule has 2 aromatic heterocycles. The van der Waals surface area contributed by atoms with Crippen LogP contribution in [0.5, 0.6) is 0 Å². The first-order chi connectivity index (χ1) is 10.7. The molecule has 0 aliphatic heterocycles. The highest BCUT2D eigenvalue weighted by atomic mass is 16.3. The molecule has 0 saturated carbocycles. The minimum absolute atomic E-state index is 0.0934. The highest BCUT2D eigenvalue weighted by Crippen LogP contribution is 2.33. The van der Waals surface area contributed by atoms with Crippen LogP contribution in [0.15, 0.2) is 53.3 Å². The van der Waals surface area contributed by atoms with E-state index in [4.69, 9.17) is 4.42 Å². The van der Waals surface area contributed by atoms with Crippen molar-refractivity contribution >= 4 is 5.78 Å². The van der Waals surface area contributed by atoms with Crippen LogP contribution in [0.25, 0.3) is 5.69 Å². The van der Waals surface area contributed by atoms with Gasteiger partial charge >= 0.3 is 0 Å². The molecule has 0 fully saturated rings. The fourth-order valence-electron chi connectivity index (χ4n) is 3.08. The molecule has 22 heavy (non-hydrogen) atoms. The predicted molar refractivity (Wildman–Crippen MR) is 82.4 cm³/mol. The molecule has 1 aliphatic rings. The van der Waals surface area contributed by atoms with Crippen molar-refractivity contribution in [2.45, 2.75) is 25.7 Å². The first kappa shape index (κ1) is 13.1. The van der Waals surface area contributed by atoms with Gasteiger partial charge in [0, 0.05) is 18.8 Å². The summed E-state index contributed by atoms with van der Waals surface area (Å²) in [5.41, 5.74) is 3.90. The van der Waals surface area contributed by atoms with Gasteiger partial charge in [-0.3, -0.25) is 4.79 Å². The Morgan fingerprint density at radius 3 is 2.73 bits per heavy atom. The van der Waals surface area contributed by atoms with Crippen molar-refractivity contribution < 1.29 is 9.21 Å². The van der Waals surface area contributed by atoms with Gasteiger partial charge in [0.05, 0.1) is 29.4 Å². The number of carbonyl (C=O) groups excluding carboxylic acids is 1. The Morgan fingerprint density at radius 2 is 2.00 bits per heavy atom. The summed E-state index contributed by atoms with van der Waals surface area (Å²) in [7, 11) is 0. The standard InChI is InChI=1S/C18H16N2O2/c1-12-4-6-14(7-5-12)20-16-9-13(18-3-2-8-22-18)10-17(21)15(16)11-19-20/h2-8,11,13H,9-10H2,1H3/t13-/m0/s1. The van der Waals surface area contributed by atoms with Crippen LogP contribution < -0.4 is 0 Å². The second kappa shape index (κ2) is 4.98. The number of benzene rings is 1. The number of ketones is 1. The molecule has 3 aromatic rings. The summed E-state index contributed by atoms with van der Waals surface area (Å²) < 4.78 is 7.37. The smallest absolute Gasteiger partial charge is 0.167 e. The van der Waals surface area contributed by atoms with E-state index in [9.17, 15) is 4.79 Å². The van der Waals surface area contributed by atoms with E-state index in [1.165, 1.54) is 5.56 Å². The molecule has 1 aromatic carbocycles. The summed E-state index contributed by atoms with van der Waals surface area (Å²) in [5, 5.41) is 4.43. The lowest BCUT2D eigenvalue weighted by Crippen LogP contribution is -2.19. The molecule has 0 bridgehead atoms. The summed E-state index contributed by atoms with van der Waals surface area (Å²) in [6.07, 6.45) is 4.60. The number of hydrogen-bond acceptors (Lipinski definition) is 3. The number of aromatic nitrogens is 2. The molecular weight excluding hydrogens is 276 g/mol. The number of nitrogens with zero attached hydrogens (tertiary/aromatic N) is 2. The maximum absolute atomic E-state index is 12.4. The highest BCUT2D eigenvalue weighted by molar-refractivity contribution is 5.98. The normalized spacial score (nSPS) is 17.5. The molecular formula is C18H16N2O2. The maximum Gasteiger partial charge on any atom is 0.167 e. The minimum atomic E-state index is 0.0934. The molecule has 110 valence electrons. The maximum atomic E-state index is 12.4. The van der Waals surface area contributed by atoms with E-state index < -0.39 is 0 Å². The van der Waals surface area contributed by atoms with Crippen LogP contribution in [0, 0.1) is 6.92 Å². The fraction of sp³-hybridized carbons (Fsp3) is 0.222. The van der Waals surface area contributed by atoms with E-state index >= 15 is 0 Å². The van der Waals surface area contributed by atoms with E-state index in [1.54, 1.807) is 12.5 Å². The third-order valence-electron chi connectivity index (χ3n) is 4.26. The largest absolute Gasteiger partial charge is 0.469 e. The van der Waals surface area contributed by atoms with Gasteiger partial charge in [0.15, 0.2) is 5.78 Å². The van der Waals surface area contributed by atoms with Crippen LogP contribution in [0.1, 0.15) is 39.7 Å². The zero-order valence-corrected chi connectivity index (χ0v) is 12.3. The van der Waals surface area contributed by atoms with Gasteiger partial charge in [0.25, 0.3) is 0 Å². The molecule has 0 saturated heterocycles. The number of fused-ring (bicyclic) bond motifs is 1. The Morgan fingerprint density at radius 1 is 1.18 bits per heavy atom. The van der Waals surface area contributed by atoms with Crippen LogP contribution in [-0.2, 0) is 6.42 Å². The highest BCUT2D eigenvalue weighted by Gasteiger charge is 2.31. The van der Waals surface area contributed by atoms with Crippen molar-refractivity contribution in [3.8, 4) is 5.69 Å². The van der Waals surface area contributed by atoms with Crippen molar-refractivity contribution in [1.82, 2.24) is 9.78 Å². The van der Waals surface area contributed by atoms with Gasteiger partial charge in [0.2, 0.25) is 0 Å². The lowest BCUT2D eigenvalue weighted by atomic mass is 9.85. The van der Waals surface area contributed by atoms with E-state index in [0.717, 1.165) is 29.1 Å². The lowest BCUT2D eigenvalue weighted by molar-refractivity contribution is 0.0959. The molecule has 4 rings (SSSR count). The first-order valence-corrected chi connectivity index (χ1v) is 7.43. The molecule has 0 unspecified atom stereocenters. The van der Waals surface area contributed by atoms with Gasteiger partial charge in [-0.15, -0.1) is 0 Å². The Bertz CT molecular complexity index is 813. The second-order valence-corrected chi connectivity index (χ2v) is 5.80. The Labute approximate surface area is 128 Å². The van der Waals surface area contributed by atoms with Gasteiger partial charge in [-0.1, -0.05) is 17.7 Å². The molecule has 4 nitrogen and oxygen atoms in total. The van der Waals surface area contributed by atoms with Gasteiger partial charge in [-0.25, -0.2) is 4.68 Å². The summed E-state index contributed by atoms with van der Waals surface area (Å²) in [6.45, 7) is 2.05. The monoisotopic (exact) mass is 292 g/mol. The fourth-order valence-corrected chi connectivity index (χ4v) is 3.08. The third-order valence-corrected chi connectivity index (χ3v) is 4.26. The summed E-state index contributed by atoms with van der Waals surface area (Å²) in [4.78, 5) is 12.4. The van der Waals surface area contributed by atoms with E-state index in [-0.39, 0.29) is 11.7 Å². The number of Topliss-reactive ketones (excluding diaryl/α,β-unsaturated/α-hetero) is 1. The third kappa shape index (κ3) is 2.08. The van der Waals surface area contributed by atoms with Crippen LogP contribution in [0.4, 0.5) is 0 Å². The predicted octanol–water partition coefficient (Wildman–Crippen LogP) is 3.69. The average Bonchev–Trinajstić information content (AvgIpc) is 3.17. The molecule has 0 amide bonds. The van der Waals surface area contributed by atoms with Crippen molar-refractivity contribution in [3.63, 3.8) is 0 Å². The number of aryl methyl sites for hydroxylation is 1. The molecule has 1 atom stereocenters. The Kier molecular flexibility index (Phi) is 2.96. The van der Waals surface area contributed by atoms with Gasteiger partial charge in [-0.05, 0) is 31.2 Å². The SMILES string of the molecule is Cc1ccc(-n2ncc3c2C[C@H](c2ccco2)CC3=O)cc1. The lowest BCUT2D eigenvalue weighted by Gasteiger charge is -2.20. The average molecular weight is 292 g/mol. The van der Waals surface area contributed by atoms with Crippen LogP contribution in [0.2, 0.25) is 0 Å². The van der Waals surface area contributed by atoms with E-state index in [0.29, 0.717) is 6.42 Å². The van der Waals surface area contributed by atoms with Gasteiger partial charge in [0.1, 0.15) is 5.76 Å². The number of hydrogen-bond donors (Lipinski definition) is 0. The number of furan rings is 1. The molecule has 0 N–H and O–H groups in total. The van der Waals surface area contributed by atoms with Gasteiger partial charge in [-0.2, -0.15) is 5.10 Å². The summed E-state index contributed by atoms with van der Waals surface area (Å²) >= 11 is 0. The molecule has 0 spiro atoms. The van der Waals surface area contributed by atoms with Crippen molar-refractivity contribution in [3.05, 3.63) is 71.4 Å². The zero-order chi connectivity index (χ0) is 15.1. The second-order valence-electron chi connectivity index (χ2n) is 5.80. The van der Waals surface area contributed by atoms with Crippen LogP contribution >= 0.6 is 0 Å². The molecule has 2 heterocycles. The van der Waals surface area contributed by atoms with Crippen molar-refractivity contribution in [1.29, 1.82) is 0 Å². The quantitative estimate of drug-likeness (QED) is 0.723. The van der Waals surface area contributed by atoms with Crippen molar-refractivity contribution in [2.24, 2.45) is 0 Å². The van der Waals surface area contributed by atoms with Crippen LogP contribution in [-0.4, -0.2) is 15.6 Å². The number of rotatable bonds is 2. The zero-order valence-electron chi connectivity index (χ0n) is 12.3. The summed E-state index contributed by atoms with van der Waals surface area (Å²) in [5.74, 6) is 1.10. The van der Waals surface area contributed by atoms with Crippen molar-refractivity contribution in [2.75, 3.05) is 0 Å². The number of carbonyl (C=O) groups is 1. The van der Waals surface area contributed by atoms with Gasteiger partial charge < -0.3 is 4.42 Å². The first-order valence-electron chi connectivity index (χ1n) is 7.43. The molecule has 1 aliphatic carbocycles.